The summed E-state index contributed by atoms with van der Waals surface area (Å²) in [6, 6.07) is 10.1. The Bertz CT molecular complexity index is 1300. The molecule has 0 N–H and O–H groups in total. The van der Waals surface area contributed by atoms with Crippen LogP contribution in [0.2, 0.25) is 0 Å². The summed E-state index contributed by atoms with van der Waals surface area (Å²) in [5, 5.41) is 0.587. The minimum absolute atomic E-state index is 0.218. The van der Waals surface area contributed by atoms with Gasteiger partial charge in [-0.05, 0) is 69.8 Å². The number of hydrogen-bond donors (Lipinski definition) is 0. The Morgan fingerprint density at radius 1 is 1.06 bits per heavy atom. The van der Waals surface area contributed by atoms with Gasteiger partial charge in [0.25, 0.3) is 5.91 Å². The fourth-order valence-corrected chi connectivity index (χ4v) is 6.74. The van der Waals surface area contributed by atoms with Gasteiger partial charge in [0.1, 0.15) is 11.3 Å². The second kappa shape index (κ2) is 10.6. The zero-order valence-corrected chi connectivity index (χ0v) is 22.3. The number of amides is 1. The van der Waals surface area contributed by atoms with Gasteiger partial charge in [-0.1, -0.05) is 23.8 Å². The van der Waals surface area contributed by atoms with Gasteiger partial charge in [0.2, 0.25) is 10.0 Å². The number of sulfonamides is 1. The average Bonchev–Trinajstić information content (AvgIpc) is 3.31. The van der Waals surface area contributed by atoms with Crippen LogP contribution in [0.25, 0.3) is 10.2 Å². The Balaban J connectivity index is 1.65. The molecule has 0 bridgehead atoms. The van der Waals surface area contributed by atoms with E-state index < -0.39 is 10.0 Å². The van der Waals surface area contributed by atoms with Crippen LogP contribution < -0.4 is 9.64 Å². The Morgan fingerprint density at radius 3 is 2.37 bits per heavy atom. The van der Waals surface area contributed by atoms with Gasteiger partial charge in [0.05, 0.1) is 16.7 Å². The molecule has 1 aliphatic rings. The second-order valence-corrected chi connectivity index (χ2v) is 11.9. The number of fused-ring (bicyclic) bond motifs is 1. The summed E-state index contributed by atoms with van der Waals surface area (Å²) in [6.07, 6.45) is 2.81. The third kappa shape index (κ3) is 5.35. The summed E-state index contributed by atoms with van der Waals surface area (Å²) < 4.78 is 34.0. The van der Waals surface area contributed by atoms with Crippen LogP contribution in [0.15, 0.2) is 41.3 Å². The molecule has 2 aromatic carbocycles. The first-order chi connectivity index (χ1) is 16.7. The first kappa shape index (κ1) is 25.6. The Hall–Kier alpha value is -2.53. The van der Waals surface area contributed by atoms with Crippen LogP contribution in [-0.2, 0) is 10.0 Å². The van der Waals surface area contributed by atoms with Crippen molar-refractivity contribution in [3.05, 3.63) is 47.5 Å². The largest absolute Gasteiger partial charge is 0.494 e. The first-order valence-electron chi connectivity index (χ1n) is 11.7. The van der Waals surface area contributed by atoms with Gasteiger partial charge in [-0.3, -0.25) is 9.69 Å². The first-order valence-corrected chi connectivity index (χ1v) is 14.0. The summed E-state index contributed by atoms with van der Waals surface area (Å²) in [7, 11) is 1.96. The van der Waals surface area contributed by atoms with Crippen molar-refractivity contribution < 1.29 is 17.9 Å². The minimum Gasteiger partial charge on any atom is -0.494 e. The molecule has 0 aliphatic carbocycles. The molecule has 2 heterocycles. The number of benzene rings is 2. The Morgan fingerprint density at radius 2 is 1.74 bits per heavy atom. The molecule has 0 spiro atoms. The quantitative estimate of drug-likeness (QED) is 0.450. The lowest BCUT2D eigenvalue weighted by molar-refractivity contribution is 0.0985. The molecule has 1 aromatic heterocycles. The van der Waals surface area contributed by atoms with E-state index in [1.807, 2.05) is 38.1 Å². The molecular weight excluding hydrogens is 484 g/mol. The maximum atomic E-state index is 13.6. The number of methoxy groups -OCH3 is 1. The minimum atomic E-state index is -3.55. The van der Waals surface area contributed by atoms with Crippen LogP contribution in [0.4, 0.5) is 5.13 Å². The van der Waals surface area contributed by atoms with Crippen LogP contribution in [0.1, 0.15) is 35.2 Å². The number of rotatable bonds is 8. The van der Waals surface area contributed by atoms with Crippen molar-refractivity contribution in [2.24, 2.45) is 0 Å². The van der Waals surface area contributed by atoms with Crippen LogP contribution in [0, 0.1) is 6.92 Å². The van der Waals surface area contributed by atoms with Crippen LogP contribution in [0.5, 0.6) is 5.75 Å². The molecule has 0 radical (unpaired) electrons. The molecule has 0 atom stereocenters. The molecule has 4 rings (SSSR count). The molecule has 35 heavy (non-hydrogen) atoms. The molecule has 1 saturated heterocycles. The van der Waals surface area contributed by atoms with Crippen molar-refractivity contribution in [2.75, 3.05) is 52.3 Å². The van der Waals surface area contributed by atoms with Crippen molar-refractivity contribution >= 4 is 42.6 Å². The second-order valence-electron chi connectivity index (χ2n) is 9.01. The van der Waals surface area contributed by atoms with E-state index >= 15 is 0 Å². The average molecular weight is 517 g/mol. The van der Waals surface area contributed by atoms with E-state index in [0.717, 1.165) is 35.0 Å². The molecular formula is C25H32N4O4S2. The van der Waals surface area contributed by atoms with E-state index in [-0.39, 0.29) is 10.8 Å². The summed E-state index contributed by atoms with van der Waals surface area (Å²) >= 11 is 1.46. The van der Waals surface area contributed by atoms with E-state index in [4.69, 9.17) is 9.72 Å². The number of carbonyl (C=O) groups excluding carboxylic acids is 1. The Kier molecular flexibility index (Phi) is 7.75. The third-order valence-corrected chi connectivity index (χ3v) is 9.34. The SMILES string of the molecule is COc1ccc(C)c2sc(N(CCN(C)C)C(=O)c3ccc(S(=O)(=O)N4CCCCC4)cc3)nc12. The number of piperidine rings is 1. The zero-order chi connectivity index (χ0) is 25.2. The number of ether oxygens (including phenoxy) is 1. The normalized spacial score (nSPS) is 15.0. The molecule has 1 amide bonds. The summed E-state index contributed by atoms with van der Waals surface area (Å²) in [4.78, 5) is 22.3. The van der Waals surface area contributed by atoms with Gasteiger partial charge in [0.15, 0.2) is 5.13 Å². The van der Waals surface area contributed by atoms with Gasteiger partial charge in [-0.15, -0.1) is 0 Å². The summed E-state index contributed by atoms with van der Waals surface area (Å²) in [5.41, 5.74) is 2.22. The van der Waals surface area contributed by atoms with Gasteiger partial charge >= 0.3 is 0 Å². The van der Waals surface area contributed by atoms with Crippen molar-refractivity contribution in [1.82, 2.24) is 14.2 Å². The molecule has 0 saturated carbocycles. The van der Waals surface area contributed by atoms with Crippen LogP contribution in [-0.4, -0.2) is 75.9 Å². The van der Waals surface area contributed by atoms with Gasteiger partial charge in [-0.2, -0.15) is 4.31 Å². The lowest BCUT2D eigenvalue weighted by atomic mass is 10.2. The van der Waals surface area contributed by atoms with Crippen molar-refractivity contribution in [3.8, 4) is 5.75 Å². The lowest BCUT2D eigenvalue weighted by Crippen LogP contribution is -2.37. The third-order valence-electron chi connectivity index (χ3n) is 6.21. The predicted molar refractivity (Wildman–Crippen MR) is 140 cm³/mol. The standard InChI is InChI=1S/C25H32N4O4S2/c1-18-8-13-21(33-4)22-23(18)34-25(26-22)29(17-16-27(2)3)24(30)19-9-11-20(12-10-19)35(31,32)28-14-6-5-7-15-28/h8-13H,5-7,14-17H2,1-4H3. The highest BCUT2D eigenvalue weighted by molar-refractivity contribution is 7.89. The van der Waals surface area contributed by atoms with E-state index in [1.165, 1.54) is 27.8 Å². The molecule has 8 nitrogen and oxygen atoms in total. The van der Waals surface area contributed by atoms with Crippen molar-refractivity contribution in [2.45, 2.75) is 31.1 Å². The highest BCUT2D eigenvalue weighted by Crippen LogP contribution is 2.37. The zero-order valence-electron chi connectivity index (χ0n) is 20.7. The predicted octanol–water partition coefficient (Wildman–Crippen LogP) is 4.00. The maximum Gasteiger partial charge on any atom is 0.260 e. The lowest BCUT2D eigenvalue weighted by Gasteiger charge is -2.26. The molecule has 3 aromatic rings. The van der Waals surface area contributed by atoms with E-state index in [0.29, 0.717) is 42.6 Å². The molecule has 0 unspecified atom stereocenters. The van der Waals surface area contributed by atoms with E-state index in [2.05, 4.69) is 0 Å². The van der Waals surface area contributed by atoms with Gasteiger partial charge in [0, 0.05) is 31.7 Å². The van der Waals surface area contributed by atoms with Crippen LogP contribution in [0.3, 0.4) is 0 Å². The highest BCUT2D eigenvalue weighted by atomic mass is 32.2. The van der Waals surface area contributed by atoms with Gasteiger partial charge in [-0.25, -0.2) is 13.4 Å². The number of carbonyl (C=O) groups is 1. The Labute approximate surface area is 211 Å². The number of likely N-dealkylation sites (N-methyl/N-ethyl adjacent to an activating group) is 1. The number of hydrogen-bond acceptors (Lipinski definition) is 7. The molecule has 1 aliphatic heterocycles. The van der Waals surface area contributed by atoms with Crippen molar-refractivity contribution in [1.29, 1.82) is 0 Å². The number of aromatic nitrogens is 1. The summed E-state index contributed by atoms with van der Waals surface area (Å²) in [5.74, 6) is 0.449. The number of nitrogens with zero attached hydrogens (tertiary/aromatic N) is 4. The van der Waals surface area contributed by atoms with E-state index in [1.54, 1.807) is 24.1 Å². The monoisotopic (exact) mass is 516 g/mol. The maximum absolute atomic E-state index is 13.6. The van der Waals surface area contributed by atoms with E-state index in [9.17, 15) is 13.2 Å². The highest BCUT2D eigenvalue weighted by Gasteiger charge is 2.27. The topological polar surface area (TPSA) is 83.0 Å². The smallest absolute Gasteiger partial charge is 0.260 e. The van der Waals surface area contributed by atoms with Crippen molar-refractivity contribution in [3.63, 3.8) is 0 Å². The molecule has 1 fully saturated rings. The van der Waals surface area contributed by atoms with Crippen LogP contribution >= 0.6 is 11.3 Å². The molecule has 10 heteroatoms. The number of aryl methyl sites for hydroxylation is 1. The number of anilines is 1. The fourth-order valence-electron chi connectivity index (χ4n) is 4.14. The summed E-state index contributed by atoms with van der Waals surface area (Å²) in [6.45, 7) is 4.20. The van der Waals surface area contributed by atoms with Gasteiger partial charge < -0.3 is 9.64 Å². The fraction of sp³-hybridized carbons (Fsp3) is 0.440. The number of thiazole rings is 1. The molecule has 188 valence electrons.